The van der Waals surface area contributed by atoms with E-state index >= 15 is 0 Å². The highest BCUT2D eigenvalue weighted by molar-refractivity contribution is 9.10. The zero-order valence-corrected chi connectivity index (χ0v) is 13.7. The number of piperidine rings is 1. The van der Waals surface area contributed by atoms with E-state index in [-0.39, 0.29) is 11.9 Å². The molecule has 1 aliphatic rings. The number of ether oxygens (including phenoxy) is 2. The van der Waals surface area contributed by atoms with Gasteiger partial charge in [-0.05, 0) is 37.5 Å². The monoisotopic (exact) mass is 355 g/mol. The number of halogens is 1. The first-order valence-electron chi connectivity index (χ1n) is 6.80. The van der Waals surface area contributed by atoms with Crippen molar-refractivity contribution in [1.82, 2.24) is 4.90 Å². The number of rotatable bonds is 3. The minimum absolute atomic E-state index is 0.200. The fourth-order valence-electron chi connectivity index (χ4n) is 2.55. The maximum atomic E-state index is 12.7. The van der Waals surface area contributed by atoms with Crippen LogP contribution in [-0.4, -0.2) is 43.6 Å². The van der Waals surface area contributed by atoms with E-state index in [0.29, 0.717) is 24.3 Å². The van der Waals surface area contributed by atoms with Crippen LogP contribution in [0.4, 0.5) is 0 Å². The summed E-state index contributed by atoms with van der Waals surface area (Å²) in [6.07, 6.45) is 2.44. The maximum Gasteiger partial charge on any atom is 0.328 e. The van der Waals surface area contributed by atoms with E-state index in [4.69, 9.17) is 9.47 Å². The van der Waals surface area contributed by atoms with Gasteiger partial charge in [0.1, 0.15) is 11.8 Å². The molecule has 0 radical (unpaired) electrons. The van der Waals surface area contributed by atoms with Gasteiger partial charge in [0.15, 0.2) is 0 Å². The predicted octanol–water partition coefficient (Wildman–Crippen LogP) is 2.63. The number of carbonyl (C=O) groups is 2. The van der Waals surface area contributed by atoms with Crippen LogP contribution in [0.3, 0.4) is 0 Å². The minimum atomic E-state index is -0.510. The third-order valence-corrected chi connectivity index (χ3v) is 4.12. The van der Waals surface area contributed by atoms with E-state index in [2.05, 4.69) is 15.9 Å². The van der Waals surface area contributed by atoms with Gasteiger partial charge in [-0.25, -0.2) is 4.79 Å². The summed E-state index contributed by atoms with van der Waals surface area (Å²) in [6, 6.07) is 4.72. The molecule has 1 fully saturated rings. The summed E-state index contributed by atoms with van der Waals surface area (Å²) in [6.45, 7) is 0.553. The second-order valence-electron chi connectivity index (χ2n) is 4.88. The van der Waals surface area contributed by atoms with Crippen LogP contribution in [0.15, 0.2) is 22.7 Å². The number of likely N-dealkylation sites (tertiary alicyclic amines) is 1. The molecule has 1 aliphatic heterocycles. The number of amides is 1. The SMILES string of the molecule is COC(=O)C1CCCCN1C(=O)c1ccc(Br)cc1OC. The van der Waals surface area contributed by atoms with Gasteiger partial charge in [0.05, 0.1) is 19.8 Å². The van der Waals surface area contributed by atoms with Crippen LogP contribution < -0.4 is 4.74 Å². The van der Waals surface area contributed by atoms with Crippen molar-refractivity contribution in [2.24, 2.45) is 0 Å². The number of nitrogens with zero attached hydrogens (tertiary/aromatic N) is 1. The summed E-state index contributed by atoms with van der Waals surface area (Å²) in [7, 11) is 2.87. The lowest BCUT2D eigenvalue weighted by Gasteiger charge is -2.34. The fraction of sp³-hybridized carbons (Fsp3) is 0.467. The van der Waals surface area contributed by atoms with Crippen molar-refractivity contribution in [3.05, 3.63) is 28.2 Å². The maximum absolute atomic E-state index is 12.7. The molecule has 1 saturated heterocycles. The first-order chi connectivity index (χ1) is 10.1. The van der Waals surface area contributed by atoms with Crippen molar-refractivity contribution in [1.29, 1.82) is 0 Å². The van der Waals surface area contributed by atoms with Gasteiger partial charge in [-0.3, -0.25) is 4.79 Å². The molecule has 1 amide bonds. The molecular weight excluding hydrogens is 338 g/mol. The number of hydrogen-bond acceptors (Lipinski definition) is 4. The van der Waals surface area contributed by atoms with E-state index < -0.39 is 6.04 Å². The van der Waals surface area contributed by atoms with Crippen LogP contribution in [0.1, 0.15) is 29.6 Å². The molecule has 0 aliphatic carbocycles. The molecule has 1 atom stereocenters. The Labute approximate surface area is 132 Å². The van der Waals surface area contributed by atoms with E-state index in [1.54, 1.807) is 23.1 Å². The van der Waals surface area contributed by atoms with Crippen molar-refractivity contribution in [3.8, 4) is 5.75 Å². The first-order valence-corrected chi connectivity index (χ1v) is 7.60. The number of esters is 1. The third-order valence-electron chi connectivity index (χ3n) is 3.63. The van der Waals surface area contributed by atoms with Crippen molar-refractivity contribution in [3.63, 3.8) is 0 Å². The van der Waals surface area contributed by atoms with Crippen LogP contribution in [0.5, 0.6) is 5.75 Å². The minimum Gasteiger partial charge on any atom is -0.496 e. The number of carbonyl (C=O) groups excluding carboxylic acids is 2. The van der Waals surface area contributed by atoms with E-state index in [9.17, 15) is 9.59 Å². The van der Waals surface area contributed by atoms with E-state index in [1.165, 1.54) is 14.2 Å². The van der Waals surface area contributed by atoms with Gasteiger partial charge in [0.2, 0.25) is 0 Å². The Hall–Kier alpha value is -1.56. The van der Waals surface area contributed by atoms with Crippen molar-refractivity contribution in [2.45, 2.75) is 25.3 Å². The Morgan fingerprint density at radius 1 is 1.29 bits per heavy atom. The fourth-order valence-corrected chi connectivity index (χ4v) is 2.89. The zero-order valence-electron chi connectivity index (χ0n) is 12.1. The number of hydrogen-bond donors (Lipinski definition) is 0. The van der Waals surface area contributed by atoms with Crippen molar-refractivity contribution >= 4 is 27.8 Å². The molecule has 1 unspecified atom stereocenters. The van der Waals surface area contributed by atoms with Gasteiger partial charge in [0, 0.05) is 11.0 Å². The molecule has 6 heteroatoms. The van der Waals surface area contributed by atoms with Gasteiger partial charge < -0.3 is 14.4 Å². The third kappa shape index (κ3) is 3.37. The largest absolute Gasteiger partial charge is 0.496 e. The van der Waals surface area contributed by atoms with Crippen LogP contribution >= 0.6 is 15.9 Å². The highest BCUT2D eigenvalue weighted by Crippen LogP contribution is 2.27. The highest BCUT2D eigenvalue weighted by atomic mass is 79.9. The van der Waals surface area contributed by atoms with Crippen molar-refractivity contribution in [2.75, 3.05) is 20.8 Å². The van der Waals surface area contributed by atoms with Crippen LogP contribution in [0.25, 0.3) is 0 Å². The van der Waals surface area contributed by atoms with Crippen LogP contribution in [-0.2, 0) is 9.53 Å². The van der Waals surface area contributed by atoms with Crippen LogP contribution in [0, 0.1) is 0 Å². The molecule has 114 valence electrons. The molecule has 5 nitrogen and oxygen atoms in total. The summed E-state index contributed by atoms with van der Waals surface area (Å²) in [5, 5.41) is 0. The molecule has 0 aromatic heterocycles. The molecule has 2 rings (SSSR count). The molecule has 0 spiro atoms. The van der Waals surface area contributed by atoms with E-state index in [0.717, 1.165) is 17.3 Å². The zero-order chi connectivity index (χ0) is 15.4. The first kappa shape index (κ1) is 15.8. The molecule has 1 aromatic rings. The standard InChI is InChI=1S/C15H18BrNO4/c1-20-13-9-10(16)6-7-11(13)14(18)17-8-4-3-5-12(17)15(19)21-2/h6-7,9,12H,3-5,8H2,1-2H3. The lowest BCUT2D eigenvalue weighted by Crippen LogP contribution is -2.48. The normalized spacial score (nSPS) is 18.2. The van der Waals surface area contributed by atoms with Crippen molar-refractivity contribution < 1.29 is 19.1 Å². The molecule has 0 N–H and O–H groups in total. The van der Waals surface area contributed by atoms with Gasteiger partial charge in [-0.15, -0.1) is 0 Å². The second-order valence-corrected chi connectivity index (χ2v) is 5.79. The average molecular weight is 356 g/mol. The molecule has 1 aromatic carbocycles. The average Bonchev–Trinajstić information content (AvgIpc) is 2.53. The molecule has 21 heavy (non-hydrogen) atoms. The topological polar surface area (TPSA) is 55.8 Å². The lowest BCUT2D eigenvalue weighted by molar-refractivity contribution is -0.147. The summed E-state index contributed by atoms with van der Waals surface area (Å²) < 4.78 is 10.9. The Morgan fingerprint density at radius 2 is 2.05 bits per heavy atom. The summed E-state index contributed by atoms with van der Waals surface area (Å²) in [5.74, 6) is -0.0721. The Morgan fingerprint density at radius 3 is 2.71 bits per heavy atom. The van der Waals surface area contributed by atoms with E-state index in [1.807, 2.05) is 0 Å². The van der Waals surface area contributed by atoms with Gasteiger partial charge in [0.25, 0.3) is 5.91 Å². The Balaban J connectivity index is 2.31. The summed E-state index contributed by atoms with van der Waals surface area (Å²) in [5.41, 5.74) is 0.455. The molecule has 0 bridgehead atoms. The molecular formula is C15H18BrNO4. The second kappa shape index (κ2) is 6.93. The number of methoxy groups -OCH3 is 2. The van der Waals surface area contributed by atoms with Gasteiger partial charge in [-0.1, -0.05) is 15.9 Å². The smallest absolute Gasteiger partial charge is 0.328 e. The summed E-state index contributed by atoms with van der Waals surface area (Å²) in [4.78, 5) is 26.2. The predicted molar refractivity (Wildman–Crippen MR) is 81.4 cm³/mol. The van der Waals surface area contributed by atoms with Crippen LogP contribution in [0.2, 0.25) is 0 Å². The Kier molecular flexibility index (Phi) is 5.22. The quantitative estimate of drug-likeness (QED) is 0.782. The highest BCUT2D eigenvalue weighted by Gasteiger charge is 2.34. The van der Waals surface area contributed by atoms with Gasteiger partial charge >= 0.3 is 5.97 Å². The lowest BCUT2D eigenvalue weighted by atomic mass is 10.0. The number of benzene rings is 1. The summed E-state index contributed by atoms with van der Waals surface area (Å²) >= 11 is 3.35. The molecule has 1 heterocycles. The van der Waals surface area contributed by atoms with Gasteiger partial charge in [-0.2, -0.15) is 0 Å². The molecule has 0 saturated carbocycles. The Bertz CT molecular complexity index is 546.